The van der Waals surface area contributed by atoms with Crippen molar-refractivity contribution in [2.24, 2.45) is 0 Å². The molecule has 1 aliphatic rings. The summed E-state index contributed by atoms with van der Waals surface area (Å²) < 4.78 is 9.95. The van der Waals surface area contributed by atoms with E-state index in [4.69, 9.17) is 9.47 Å². The molecule has 6 heteroatoms. The molecule has 0 aromatic heterocycles. The molecule has 6 nitrogen and oxygen atoms in total. The lowest BCUT2D eigenvalue weighted by atomic mass is 10.1. The van der Waals surface area contributed by atoms with E-state index in [1.165, 1.54) is 20.0 Å². The number of Topliss-reactive ketones (excluding diaryl/α,β-unsaturated/α-hetero) is 1. The maximum Gasteiger partial charge on any atom is 0.350 e. The van der Waals surface area contributed by atoms with Crippen LogP contribution in [0.2, 0.25) is 0 Å². The van der Waals surface area contributed by atoms with E-state index in [1.54, 1.807) is 31.2 Å². The molecule has 1 heterocycles. The van der Waals surface area contributed by atoms with E-state index in [9.17, 15) is 14.4 Å². The number of carbonyl (C=O) groups is 3. The monoisotopic (exact) mass is 303 g/mol. The van der Waals surface area contributed by atoms with Crippen molar-refractivity contribution in [2.75, 3.05) is 5.32 Å². The number of carbonyl (C=O) groups excluding carboxylic acids is 3. The predicted octanol–water partition coefficient (Wildman–Crippen LogP) is 2.41. The predicted molar refractivity (Wildman–Crippen MR) is 79.0 cm³/mol. The summed E-state index contributed by atoms with van der Waals surface area (Å²) in [5.41, 5.74) is 1.03. The number of cyclic esters (lactones) is 2. The Hall–Kier alpha value is -2.63. The van der Waals surface area contributed by atoms with Gasteiger partial charge in [0.05, 0.1) is 0 Å². The maximum absolute atomic E-state index is 11.7. The molecule has 2 rings (SSSR count). The van der Waals surface area contributed by atoms with E-state index in [0.717, 1.165) is 0 Å². The summed E-state index contributed by atoms with van der Waals surface area (Å²) in [6, 6.07) is 6.72. The van der Waals surface area contributed by atoms with Crippen LogP contribution in [-0.2, 0) is 19.1 Å². The summed E-state index contributed by atoms with van der Waals surface area (Å²) in [6.45, 7) is 4.76. The van der Waals surface area contributed by atoms with Gasteiger partial charge in [-0.05, 0) is 24.3 Å². The zero-order valence-corrected chi connectivity index (χ0v) is 12.6. The summed E-state index contributed by atoms with van der Waals surface area (Å²) >= 11 is 0. The van der Waals surface area contributed by atoms with Gasteiger partial charge in [0, 0.05) is 37.7 Å². The van der Waals surface area contributed by atoms with E-state index in [-0.39, 0.29) is 11.4 Å². The summed E-state index contributed by atoms with van der Waals surface area (Å²) in [5.74, 6) is -2.70. The topological polar surface area (TPSA) is 81.7 Å². The molecular weight excluding hydrogens is 286 g/mol. The second kappa shape index (κ2) is 6.01. The molecule has 0 atom stereocenters. The van der Waals surface area contributed by atoms with Crippen molar-refractivity contribution in [1.82, 2.24) is 0 Å². The number of ether oxygens (including phenoxy) is 2. The van der Waals surface area contributed by atoms with Crippen LogP contribution in [0.15, 0.2) is 36.0 Å². The van der Waals surface area contributed by atoms with Crippen molar-refractivity contribution < 1.29 is 23.9 Å². The molecule has 1 aromatic carbocycles. The Balaban J connectivity index is 2.10. The number of esters is 2. The fourth-order valence-corrected chi connectivity index (χ4v) is 1.89. The molecule has 1 N–H and O–H groups in total. The highest BCUT2D eigenvalue weighted by molar-refractivity contribution is 6.15. The van der Waals surface area contributed by atoms with E-state index < -0.39 is 17.7 Å². The lowest BCUT2D eigenvalue weighted by Crippen LogP contribution is -2.42. The molecule has 1 aliphatic heterocycles. The first-order valence-corrected chi connectivity index (χ1v) is 6.89. The highest BCUT2D eigenvalue weighted by Gasteiger charge is 2.38. The van der Waals surface area contributed by atoms with Gasteiger partial charge in [-0.2, -0.15) is 0 Å². The van der Waals surface area contributed by atoms with E-state index >= 15 is 0 Å². The van der Waals surface area contributed by atoms with Gasteiger partial charge >= 0.3 is 11.9 Å². The molecule has 0 unspecified atom stereocenters. The molecule has 1 saturated heterocycles. The third kappa shape index (κ3) is 3.52. The molecule has 0 aliphatic carbocycles. The molecule has 0 amide bonds. The van der Waals surface area contributed by atoms with Gasteiger partial charge in [-0.3, -0.25) is 4.79 Å². The van der Waals surface area contributed by atoms with Crippen LogP contribution in [0.3, 0.4) is 0 Å². The Morgan fingerprint density at radius 3 is 2.18 bits per heavy atom. The first-order valence-electron chi connectivity index (χ1n) is 6.89. The van der Waals surface area contributed by atoms with Gasteiger partial charge in [0.15, 0.2) is 11.4 Å². The molecule has 0 saturated carbocycles. The third-order valence-corrected chi connectivity index (χ3v) is 3.03. The standard InChI is InChI=1S/C16H17NO5/c1-4-13(18)10-5-7-11(8-6-10)17-9-12-14(19)21-16(2,3)22-15(12)20/h5-9,17H,4H2,1-3H3. The number of ketones is 1. The zero-order chi connectivity index (χ0) is 16.3. The molecule has 1 aromatic rings. The van der Waals surface area contributed by atoms with Crippen LogP contribution in [0.4, 0.5) is 5.69 Å². The van der Waals surface area contributed by atoms with E-state index in [2.05, 4.69) is 5.32 Å². The number of rotatable bonds is 4. The van der Waals surface area contributed by atoms with Crippen molar-refractivity contribution in [3.8, 4) is 0 Å². The van der Waals surface area contributed by atoms with E-state index in [1.807, 2.05) is 0 Å². The Morgan fingerprint density at radius 2 is 1.68 bits per heavy atom. The number of hydrogen-bond acceptors (Lipinski definition) is 6. The summed E-state index contributed by atoms with van der Waals surface area (Å²) in [6.07, 6.45) is 1.67. The van der Waals surface area contributed by atoms with Crippen LogP contribution < -0.4 is 5.32 Å². The van der Waals surface area contributed by atoms with Crippen molar-refractivity contribution >= 4 is 23.4 Å². The van der Waals surface area contributed by atoms with Gasteiger partial charge in [0.1, 0.15) is 0 Å². The second-order valence-corrected chi connectivity index (χ2v) is 5.24. The molecule has 22 heavy (non-hydrogen) atoms. The quantitative estimate of drug-likeness (QED) is 0.398. The Morgan fingerprint density at radius 1 is 1.14 bits per heavy atom. The fourth-order valence-electron chi connectivity index (χ4n) is 1.89. The fraction of sp³-hybridized carbons (Fsp3) is 0.312. The third-order valence-electron chi connectivity index (χ3n) is 3.03. The summed E-state index contributed by atoms with van der Waals surface area (Å²) in [7, 11) is 0. The van der Waals surface area contributed by atoms with Crippen molar-refractivity contribution in [3.63, 3.8) is 0 Å². The average Bonchev–Trinajstić information content (AvgIpc) is 2.45. The van der Waals surface area contributed by atoms with Crippen molar-refractivity contribution in [1.29, 1.82) is 0 Å². The molecule has 0 radical (unpaired) electrons. The van der Waals surface area contributed by atoms with Gasteiger partial charge < -0.3 is 14.8 Å². The van der Waals surface area contributed by atoms with Gasteiger partial charge in [-0.15, -0.1) is 0 Å². The molecule has 0 spiro atoms. The zero-order valence-electron chi connectivity index (χ0n) is 12.6. The molecule has 0 bridgehead atoms. The number of anilines is 1. The largest absolute Gasteiger partial charge is 0.419 e. The SMILES string of the molecule is CCC(=O)c1ccc(NC=C2C(=O)OC(C)(C)OC2=O)cc1. The Labute approximate surface area is 128 Å². The van der Waals surface area contributed by atoms with Gasteiger partial charge in [0.2, 0.25) is 0 Å². The van der Waals surface area contributed by atoms with Crippen LogP contribution in [0, 0.1) is 0 Å². The maximum atomic E-state index is 11.7. The van der Waals surface area contributed by atoms with Crippen LogP contribution in [0.5, 0.6) is 0 Å². The lowest BCUT2D eigenvalue weighted by Gasteiger charge is -2.29. The smallest absolute Gasteiger partial charge is 0.350 e. The van der Waals surface area contributed by atoms with Crippen molar-refractivity contribution in [2.45, 2.75) is 33.0 Å². The van der Waals surface area contributed by atoms with Crippen LogP contribution in [-0.4, -0.2) is 23.5 Å². The summed E-state index contributed by atoms with van der Waals surface area (Å²) in [4.78, 5) is 35.0. The lowest BCUT2D eigenvalue weighted by molar-refractivity contribution is -0.222. The Kier molecular flexibility index (Phi) is 4.30. The number of hydrogen-bond donors (Lipinski definition) is 1. The minimum Gasteiger partial charge on any atom is -0.419 e. The van der Waals surface area contributed by atoms with Crippen LogP contribution in [0.25, 0.3) is 0 Å². The van der Waals surface area contributed by atoms with Crippen LogP contribution in [0.1, 0.15) is 37.6 Å². The minimum atomic E-state index is -1.26. The highest BCUT2D eigenvalue weighted by Crippen LogP contribution is 2.22. The average molecular weight is 303 g/mol. The minimum absolute atomic E-state index is 0.0478. The van der Waals surface area contributed by atoms with Gasteiger partial charge in [-0.25, -0.2) is 9.59 Å². The molecule has 116 valence electrons. The highest BCUT2D eigenvalue weighted by atomic mass is 16.7. The van der Waals surface area contributed by atoms with E-state index in [0.29, 0.717) is 17.7 Å². The van der Waals surface area contributed by atoms with Gasteiger partial charge in [-0.1, -0.05) is 6.92 Å². The van der Waals surface area contributed by atoms with Crippen molar-refractivity contribution in [3.05, 3.63) is 41.6 Å². The summed E-state index contributed by atoms with van der Waals surface area (Å²) in [5, 5.41) is 2.81. The second-order valence-electron chi connectivity index (χ2n) is 5.24. The van der Waals surface area contributed by atoms with Gasteiger partial charge in [0.25, 0.3) is 5.79 Å². The number of benzene rings is 1. The first kappa shape index (κ1) is 15.8. The molecule has 1 fully saturated rings. The number of nitrogens with one attached hydrogen (secondary N) is 1. The van der Waals surface area contributed by atoms with Crippen LogP contribution >= 0.6 is 0 Å². The first-order chi connectivity index (χ1) is 10.3. The molecular formula is C16H17NO5. The normalized spacial score (nSPS) is 16.6. The Bertz CT molecular complexity index is 621.